The first-order valence-corrected chi connectivity index (χ1v) is 3.85. The molecule has 2 aromatic heterocycles. The topological polar surface area (TPSA) is 93.7 Å². The molecule has 0 aromatic carbocycles. The molecular weight excluding hydrogens is 182 g/mol. The van der Waals surface area contributed by atoms with Crippen LogP contribution in [0.1, 0.15) is 5.69 Å². The van der Waals surface area contributed by atoms with E-state index in [1.54, 1.807) is 17.1 Å². The van der Waals surface area contributed by atoms with Crippen LogP contribution in [0.4, 0.5) is 5.88 Å². The van der Waals surface area contributed by atoms with Gasteiger partial charge in [-0.25, -0.2) is 4.98 Å². The number of aryl methyl sites for hydroxylation is 1. The van der Waals surface area contributed by atoms with Gasteiger partial charge in [-0.05, 0) is 0 Å². The maximum atomic E-state index is 8.61. The first-order chi connectivity index (χ1) is 6.70. The molecule has 2 heterocycles. The molecule has 0 saturated carbocycles. The van der Waals surface area contributed by atoms with Crippen LogP contribution in [-0.2, 0) is 7.05 Å². The number of nitrogen functional groups attached to an aromatic ring is 1. The summed E-state index contributed by atoms with van der Waals surface area (Å²) in [7, 11) is 1.83. The van der Waals surface area contributed by atoms with E-state index in [2.05, 4.69) is 9.97 Å². The zero-order valence-corrected chi connectivity index (χ0v) is 7.43. The molecule has 0 saturated heterocycles. The van der Waals surface area contributed by atoms with Gasteiger partial charge in [0.15, 0.2) is 0 Å². The van der Waals surface area contributed by atoms with Gasteiger partial charge in [0.25, 0.3) is 0 Å². The van der Waals surface area contributed by atoms with E-state index in [9.17, 15) is 0 Å². The lowest BCUT2D eigenvalue weighted by Crippen LogP contribution is -1.84. The Morgan fingerprint density at radius 1 is 1.64 bits per heavy atom. The zero-order chi connectivity index (χ0) is 10.1. The summed E-state index contributed by atoms with van der Waals surface area (Å²) in [6.45, 7) is 0. The van der Waals surface area contributed by atoms with E-state index in [0.29, 0.717) is 5.69 Å². The van der Waals surface area contributed by atoms with Gasteiger partial charge in [0.05, 0.1) is 6.33 Å². The first kappa shape index (κ1) is 8.31. The second-order valence-corrected chi connectivity index (χ2v) is 2.77. The second-order valence-electron chi connectivity index (χ2n) is 2.77. The molecule has 6 nitrogen and oxygen atoms in total. The number of hydrogen-bond acceptors (Lipinski definition) is 5. The van der Waals surface area contributed by atoms with Crippen LogP contribution in [0, 0.1) is 11.3 Å². The fourth-order valence-electron chi connectivity index (χ4n) is 1.04. The first-order valence-electron chi connectivity index (χ1n) is 3.85. The van der Waals surface area contributed by atoms with Crippen molar-refractivity contribution in [3.05, 3.63) is 18.2 Å². The second kappa shape index (κ2) is 2.88. The van der Waals surface area contributed by atoms with E-state index in [-0.39, 0.29) is 17.5 Å². The summed E-state index contributed by atoms with van der Waals surface area (Å²) in [5, 5.41) is 8.61. The van der Waals surface area contributed by atoms with Gasteiger partial charge < -0.3 is 14.7 Å². The quantitative estimate of drug-likeness (QED) is 0.706. The standard InChI is InChI=1S/C8H7N5O/c1-13-3-6(11-4-13)8-12-5(2-9)7(10)14-8/h3-4H,10H2,1H3. The minimum absolute atomic E-state index is 0.0214. The van der Waals surface area contributed by atoms with Crippen molar-refractivity contribution in [3.8, 4) is 17.7 Å². The highest BCUT2D eigenvalue weighted by molar-refractivity contribution is 5.52. The van der Waals surface area contributed by atoms with Crippen LogP contribution in [0.5, 0.6) is 0 Å². The van der Waals surface area contributed by atoms with Crippen LogP contribution >= 0.6 is 0 Å². The Labute approximate surface area is 79.6 Å². The maximum absolute atomic E-state index is 8.61. The van der Waals surface area contributed by atoms with Gasteiger partial charge in [-0.3, -0.25) is 0 Å². The van der Waals surface area contributed by atoms with Gasteiger partial charge in [-0.15, -0.1) is 0 Å². The Bertz CT molecular complexity index is 504. The molecule has 0 unspecified atom stereocenters. The number of rotatable bonds is 1. The fourth-order valence-corrected chi connectivity index (χ4v) is 1.04. The van der Waals surface area contributed by atoms with E-state index in [4.69, 9.17) is 15.4 Å². The number of oxazole rings is 1. The van der Waals surface area contributed by atoms with Gasteiger partial charge in [-0.2, -0.15) is 10.2 Å². The lowest BCUT2D eigenvalue weighted by Gasteiger charge is -1.84. The molecule has 0 aliphatic heterocycles. The van der Waals surface area contributed by atoms with Crippen molar-refractivity contribution in [1.82, 2.24) is 14.5 Å². The van der Waals surface area contributed by atoms with Crippen LogP contribution < -0.4 is 5.73 Å². The van der Waals surface area contributed by atoms with E-state index in [0.717, 1.165) is 0 Å². The molecule has 0 aliphatic rings. The summed E-state index contributed by atoms with van der Waals surface area (Å²) in [4.78, 5) is 7.90. The highest BCUT2D eigenvalue weighted by atomic mass is 16.4. The van der Waals surface area contributed by atoms with Gasteiger partial charge in [0.2, 0.25) is 17.5 Å². The smallest absolute Gasteiger partial charge is 0.250 e. The Balaban J connectivity index is 2.48. The Morgan fingerprint density at radius 2 is 2.43 bits per heavy atom. The van der Waals surface area contributed by atoms with Crippen molar-refractivity contribution in [2.24, 2.45) is 7.05 Å². The number of aromatic nitrogens is 3. The van der Waals surface area contributed by atoms with Gasteiger partial charge in [-0.1, -0.05) is 0 Å². The molecule has 0 atom stereocenters. The van der Waals surface area contributed by atoms with Crippen molar-refractivity contribution in [2.75, 3.05) is 5.73 Å². The lowest BCUT2D eigenvalue weighted by molar-refractivity contribution is 0.591. The number of nitrogens with two attached hydrogens (primary N) is 1. The van der Waals surface area contributed by atoms with Crippen molar-refractivity contribution in [3.63, 3.8) is 0 Å². The number of nitriles is 1. The molecule has 14 heavy (non-hydrogen) atoms. The van der Waals surface area contributed by atoms with Gasteiger partial charge in [0, 0.05) is 13.2 Å². The van der Waals surface area contributed by atoms with E-state index >= 15 is 0 Å². The third-order valence-electron chi connectivity index (χ3n) is 1.68. The highest BCUT2D eigenvalue weighted by Crippen LogP contribution is 2.20. The minimum atomic E-state index is 0.0214. The van der Waals surface area contributed by atoms with Crippen LogP contribution in [0.25, 0.3) is 11.6 Å². The number of hydrogen-bond donors (Lipinski definition) is 1. The third-order valence-corrected chi connectivity index (χ3v) is 1.68. The molecule has 2 rings (SSSR count). The summed E-state index contributed by atoms with van der Waals surface area (Å²) in [6.07, 6.45) is 3.34. The van der Waals surface area contributed by atoms with Gasteiger partial charge in [0.1, 0.15) is 11.8 Å². The van der Waals surface area contributed by atoms with Crippen LogP contribution in [0.2, 0.25) is 0 Å². The Morgan fingerprint density at radius 3 is 2.93 bits per heavy atom. The molecule has 0 radical (unpaired) electrons. The predicted molar refractivity (Wildman–Crippen MR) is 47.8 cm³/mol. The number of anilines is 1. The van der Waals surface area contributed by atoms with E-state index in [1.165, 1.54) is 0 Å². The SMILES string of the molecule is Cn1cnc(-c2nc(C#N)c(N)o2)c1. The molecule has 0 spiro atoms. The molecule has 0 aliphatic carbocycles. The van der Waals surface area contributed by atoms with Gasteiger partial charge >= 0.3 is 0 Å². The summed E-state index contributed by atoms with van der Waals surface area (Å²) in [6, 6.07) is 1.83. The Hall–Kier alpha value is -2.29. The predicted octanol–water partition coefficient (Wildman–Crippen LogP) is 0.529. The molecule has 0 bridgehead atoms. The Kier molecular flexibility index (Phi) is 1.71. The lowest BCUT2D eigenvalue weighted by atomic mass is 10.5. The molecule has 70 valence electrons. The summed E-state index contributed by atoms with van der Waals surface area (Å²) < 4.78 is 6.82. The average Bonchev–Trinajstić information content (AvgIpc) is 2.71. The van der Waals surface area contributed by atoms with Crippen molar-refractivity contribution in [2.45, 2.75) is 0 Å². The van der Waals surface area contributed by atoms with E-state index < -0.39 is 0 Å². The summed E-state index contributed by atoms with van der Waals surface area (Å²) in [5.41, 5.74) is 6.05. The molecule has 0 amide bonds. The normalized spacial score (nSPS) is 10.0. The summed E-state index contributed by atoms with van der Waals surface area (Å²) in [5.74, 6) is 0.285. The van der Waals surface area contributed by atoms with Crippen molar-refractivity contribution < 1.29 is 4.42 Å². The van der Waals surface area contributed by atoms with Crippen molar-refractivity contribution in [1.29, 1.82) is 5.26 Å². The maximum Gasteiger partial charge on any atom is 0.250 e. The molecule has 0 fully saturated rings. The summed E-state index contributed by atoms with van der Waals surface area (Å²) >= 11 is 0. The molecule has 6 heteroatoms. The van der Waals surface area contributed by atoms with Crippen LogP contribution in [0.15, 0.2) is 16.9 Å². The molecular formula is C8H7N5O. The number of imidazole rings is 1. The highest BCUT2D eigenvalue weighted by Gasteiger charge is 2.13. The average molecular weight is 189 g/mol. The largest absolute Gasteiger partial charge is 0.418 e. The van der Waals surface area contributed by atoms with Crippen molar-refractivity contribution >= 4 is 5.88 Å². The molecule has 2 N–H and O–H groups in total. The monoisotopic (exact) mass is 189 g/mol. The molecule has 2 aromatic rings. The number of nitrogens with zero attached hydrogens (tertiary/aromatic N) is 4. The third kappa shape index (κ3) is 1.21. The van der Waals surface area contributed by atoms with Crippen LogP contribution in [-0.4, -0.2) is 14.5 Å². The van der Waals surface area contributed by atoms with E-state index in [1.807, 2.05) is 13.1 Å². The van der Waals surface area contributed by atoms with Crippen LogP contribution in [0.3, 0.4) is 0 Å². The minimum Gasteiger partial charge on any atom is -0.418 e. The fraction of sp³-hybridized carbons (Fsp3) is 0.125. The zero-order valence-electron chi connectivity index (χ0n) is 7.43.